The number of fused-ring (bicyclic) bond motifs is 1. The molecule has 34 heavy (non-hydrogen) atoms. The zero-order valence-corrected chi connectivity index (χ0v) is 18.7. The van der Waals surface area contributed by atoms with E-state index in [4.69, 9.17) is 10.2 Å². The number of hydrogen-bond donors (Lipinski definition) is 3. The van der Waals surface area contributed by atoms with Crippen LogP contribution in [-0.4, -0.2) is 32.3 Å². The normalized spacial score (nSPS) is 12.1. The lowest BCUT2D eigenvalue weighted by atomic mass is 9.87. The lowest BCUT2D eigenvalue weighted by Gasteiger charge is -2.17. The van der Waals surface area contributed by atoms with E-state index < -0.39 is 11.9 Å². The first-order chi connectivity index (χ1) is 16.4. The number of carboxylic acid groups (broad SMARTS) is 2. The number of aromatic amines is 1. The fraction of sp³-hybridized carbons (Fsp3) is 0.107. The van der Waals surface area contributed by atoms with Gasteiger partial charge in [-0.1, -0.05) is 61.5 Å². The second kappa shape index (κ2) is 10.0. The van der Waals surface area contributed by atoms with Gasteiger partial charge in [0.15, 0.2) is 0 Å². The molecule has 0 radical (unpaired) electrons. The molecule has 0 fully saturated rings. The van der Waals surface area contributed by atoms with Gasteiger partial charge in [-0.25, -0.2) is 4.79 Å². The summed E-state index contributed by atoms with van der Waals surface area (Å²) in [7, 11) is 0. The molecule has 0 atom stereocenters. The van der Waals surface area contributed by atoms with Crippen LogP contribution in [0.1, 0.15) is 41.2 Å². The number of allylic oxidation sites excluding steroid dienone is 1. The number of rotatable bonds is 8. The summed E-state index contributed by atoms with van der Waals surface area (Å²) in [5.74, 6) is -1.84. The van der Waals surface area contributed by atoms with Gasteiger partial charge in [0, 0.05) is 11.5 Å². The van der Waals surface area contributed by atoms with E-state index in [-0.39, 0.29) is 6.42 Å². The molecule has 1 aromatic heterocycles. The highest BCUT2D eigenvalue weighted by Crippen LogP contribution is 2.35. The Kier molecular flexibility index (Phi) is 6.69. The molecular formula is C28H24N2O4. The number of aromatic nitrogens is 2. The minimum atomic E-state index is -0.988. The van der Waals surface area contributed by atoms with Gasteiger partial charge in [-0.05, 0) is 63.6 Å². The van der Waals surface area contributed by atoms with E-state index >= 15 is 0 Å². The molecule has 1 heterocycles. The predicted octanol–water partition coefficient (Wildman–Crippen LogP) is 5.66. The third kappa shape index (κ3) is 5.13. The molecule has 170 valence electrons. The Morgan fingerprint density at radius 1 is 0.912 bits per heavy atom. The third-order valence-corrected chi connectivity index (χ3v) is 5.66. The summed E-state index contributed by atoms with van der Waals surface area (Å²) in [5, 5.41) is 26.1. The summed E-state index contributed by atoms with van der Waals surface area (Å²) < 4.78 is 0. The van der Waals surface area contributed by atoms with Gasteiger partial charge < -0.3 is 10.2 Å². The molecular weight excluding hydrogens is 428 g/mol. The zero-order chi connectivity index (χ0) is 24.1. The largest absolute Gasteiger partial charge is 0.481 e. The highest BCUT2D eigenvalue weighted by Gasteiger charge is 2.14. The highest BCUT2D eigenvalue weighted by molar-refractivity contribution is 6.00. The van der Waals surface area contributed by atoms with Gasteiger partial charge in [0.05, 0.1) is 18.1 Å². The Labute approximate surface area is 196 Å². The Balaban J connectivity index is 1.86. The Morgan fingerprint density at radius 2 is 1.59 bits per heavy atom. The maximum absolute atomic E-state index is 11.1. The van der Waals surface area contributed by atoms with Crippen LogP contribution < -0.4 is 0 Å². The van der Waals surface area contributed by atoms with E-state index in [1.807, 2.05) is 54.6 Å². The molecule has 0 saturated carbocycles. The van der Waals surface area contributed by atoms with E-state index in [1.165, 1.54) is 0 Å². The molecule has 0 saturated heterocycles. The van der Waals surface area contributed by atoms with Crippen molar-refractivity contribution in [3.63, 3.8) is 0 Å². The van der Waals surface area contributed by atoms with Crippen LogP contribution in [0.25, 0.3) is 28.1 Å². The molecule has 0 aliphatic heterocycles. The Hall–Kier alpha value is -4.45. The summed E-state index contributed by atoms with van der Waals surface area (Å²) >= 11 is 0. The highest BCUT2D eigenvalue weighted by atomic mass is 16.4. The topological polar surface area (TPSA) is 103 Å². The number of benzene rings is 3. The number of carboxylic acids is 2. The molecule has 0 amide bonds. The number of H-pyrrole nitrogens is 1. The Bertz CT molecular complexity index is 1390. The van der Waals surface area contributed by atoms with E-state index in [1.54, 1.807) is 12.3 Å². The lowest BCUT2D eigenvalue weighted by molar-refractivity contribution is -0.136. The quantitative estimate of drug-likeness (QED) is 0.237. The predicted molar refractivity (Wildman–Crippen MR) is 133 cm³/mol. The van der Waals surface area contributed by atoms with Gasteiger partial charge in [-0.2, -0.15) is 5.10 Å². The van der Waals surface area contributed by atoms with Crippen molar-refractivity contribution in [2.75, 3.05) is 0 Å². The first-order valence-corrected chi connectivity index (χ1v) is 10.9. The summed E-state index contributed by atoms with van der Waals surface area (Å²) in [5.41, 5.74) is 7.75. The number of aliphatic carboxylic acids is 2. The van der Waals surface area contributed by atoms with Crippen LogP contribution in [-0.2, 0) is 16.0 Å². The summed E-state index contributed by atoms with van der Waals surface area (Å²) in [6.07, 6.45) is 5.23. The number of carbonyl (C=O) groups is 2. The average molecular weight is 453 g/mol. The number of hydrogen-bond acceptors (Lipinski definition) is 3. The smallest absolute Gasteiger partial charge is 0.328 e. The van der Waals surface area contributed by atoms with Crippen molar-refractivity contribution in [3.05, 3.63) is 107 Å². The van der Waals surface area contributed by atoms with Crippen molar-refractivity contribution in [2.24, 2.45) is 0 Å². The fourth-order valence-electron chi connectivity index (χ4n) is 4.07. The van der Waals surface area contributed by atoms with Crippen LogP contribution in [0.2, 0.25) is 0 Å². The van der Waals surface area contributed by atoms with Gasteiger partial charge in [0.25, 0.3) is 0 Å². The summed E-state index contributed by atoms with van der Waals surface area (Å²) in [6.45, 7) is 2.10. The van der Waals surface area contributed by atoms with Crippen molar-refractivity contribution in [1.29, 1.82) is 0 Å². The average Bonchev–Trinajstić information content (AvgIpc) is 3.30. The minimum absolute atomic E-state index is 0.0131. The SMILES string of the molecule is CC/C(=C(/c1ccc(/C=C/C(=O)O)cc1)c1ccc2[nH]ncc2c1)c1ccc(CC(=O)O)cc1. The van der Waals surface area contributed by atoms with Crippen molar-refractivity contribution >= 4 is 40.1 Å². The van der Waals surface area contributed by atoms with Crippen LogP contribution in [0.15, 0.2) is 79.0 Å². The molecule has 6 heteroatoms. The van der Waals surface area contributed by atoms with E-state index in [0.717, 1.165) is 62.4 Å². The van der Waals surface area contributed by atoms with Crippen molar-refractivity contribution < 1.29 is 19.8 Å². The third-order valence-electron chi connectivity index (χ3n) is 5.66. The van der Waals surface area contributed by atoms with Gasteiger partial charge >= 0.3 is 11.9 Å². The molecule has 0 spiro atoms. The minimum Gasteiger partial charge on any atom is -0.481 e. The molecule has 0 aliphatic carbocycles. The van der Waals surface area contributed by atoms with Crippen LogP contribution >= 0.6 is 0 Å². The van der Waals surface area contributed by atoms with Crippen molar-refractivity contribution in [3.8, 4) is 0 Å². The Morgan fingerprint density at radius 3 is 2.24 bits per heavy atom. The van der Waals surface area contributed by atoms with Crippen molar-refractivity contribution in [1.82, 2.24) is 10.2 Å². The maximum atomic E-state index is 11.1. The van der Waals surface area contributed by atoms with Gasteiger partial charge in [-0.3, -0.25) is 9.89 Å². The molecule has 0 aliphatic rings. The zero-order valence-electron chi connectivity index (χ0n) is 18.7. The molecule has 4 aromatic rings. The van der Waals surface area contributed by atoms with E-state index in [2.05, 4.69) is 29.3 Å². The van der Waals surface area contributed by atoms with Gasteiger partial charge in [-0.15, -0.1) is 0 Å². The van der Waals surface area contributed by atoms with Gasteiger partial charge in [0.2, 0.25) is 0 Å². The van der Waals surface area contributed by atoms with Crippen LogP contribution in [0, 0.1) is 0 Å². The molecule has 6 nitrogen and oxygen atoms in total. The lowest BCUT2D eigenvalue weighted by Crippen LogP contribution is -2.00. The van der Waals surface area contributed by atoms with Crippen LogP contribution in [0.5, 0.6) is 0 Å². The number of nitrogens with one attached hydrogen (secondary N) is 1. The second-order valence-electron chi connectivity index (χ2n) is 7.94. The van der Waals surface area contributed by atoms with Crippen molar-refractivity contribution in [2.45, 2.75) is 19.8 Å². The van der Waals surface area contributed by atoms with E-state index in [0.29, 0.717) is 0 Å². The standard InChI is InChI=1S/C28H24N2O4/c1-2-24(20-8-5-19(6-9-20)15-27(33)34)28(22-12-13-25-23(16-22)17-29-30-25)21-10-3-18(4-11-21)7-14-26(31)32/h3-14,16-17H,2,15H2,1H3,(H,29,30)(H,31,32)(H,33,34)/b14-7+,28-24+. The first kappa shape index (κ1) is 22.7. The van der Waals surface area contributed by atoms with E-state index in [9.17, 15) is 9.59 Å². The molecule has 0 bridgehead atoms. The maximum Gasteiger partial charge on any atom is 0.328 e. The molecule has 3 aromatic carbocycles. The summed E-state index contributed by atoms with van der Waals surface area (Å²) in [4.78, 5) is 21.9. The second-order valence-corrected chi connectivity index (χ2v) is 7.94. The monoisotopic (exact) mass is 452 g/mol. The number of nitrogens with zero attached hydrogens (tertiary/aromatic N) is 1. The summed E-state index contributed by atoms with van der Waals surface area (Å²) in [6, 6.07) is 21.6. The van der Waals surface area contributed by atoms with Gasteiger partial charge in [0.1, 0.15) is 0 Å². The van der Waals surface area contributed by atoms with Crippen LogP contribution in [0.4, 0.5) is 0 Å². The molecule has 3 N–H and O–H groups in total. The van der Waals surface area contributed by atoms with Crippen LogP contribution in [0.3, 0.4) is 0 Å². The fourth-order valence-corrected chi connectivity index (χ4v) is 4.07. The molecule has 0 unspecified atom stereocenters. The molecule has 4 rings (SSSR count). The first-order valence-electron chi connectivity index (χ1n) is 10.9.